The second-order valence-electron chi connectivity index (χ2n) is 8.72. The van der Waals surface area contributed by atoms with Crippen LogP contribution in [-0.2, 0) is 13.0 Å². The minimum absolute atomic E-state index is 0.205. The molecule has 1 aliphatic heterocycles. The fourth-order valence-electron chi connectivity index (χ4n) is 4.53. The van der Waals surface area contributed by atoms with Gasteiger partial charge in [0.05, 0.1) is 5.69 Å². The smallest absolute Gasteiger partial charge is 0.223 e. The number of anilines is 1. The van der Waals surface area contributed by atoms with Crippen molar-refractivity contribution in [2.45, 2.75) is 45.2 Å². The summed E-state index contributed by atoms with van der Waals surface area (Å²) in [6, 6.07) is 18.0. The lowest BCUT2D eigenvalue weighted by atomic mass is 10.0. The Hall–Kier alpha value is -2.83. The van der Waals surface area contributed by atoms with E-state index in [2.05, 4.69) is 51.7 Å². The Kier molecular flexibility index (Phi) is 8.39. The third-order valence-corrected chi connectivity index (χ3v) is 6.19. The van der Waals surface area contributed by atoms with E-state index < -0.39 is 0 Å². The molecule has 0 atom stereocenters. The summed E-state index contributed by atoms with van der Waals surface area (Å²) in [6.45, 7) is 7.23. The van der Waals surface area contributed by atoms with Crippen molar-refractivity contribution in [1.82, 2.24) is 20.2 Å². The van der Waals surface area contributed by atoms with Crippen LogP contribution in [0.1, 0.15) is 37.3 Å². The lowest BCUT2D eigenvalue weighted by Crippen LogP contribution is -2.43. The molecular weight excluding hydrogens is 413 g/mol. The molecule has 1 saturated heterocycles. The number of hydrogen-bond acceptors (Lipinski definition) is 5. The summed E-state index contributed by atoms with van der Waals surface area (Å²) < 4.78 is 13.4. The van der Waals surface area contributed by atoms with E-state index in [1.807, 2.05) is 12.1 Å². The highest BCUT2D eigenvalue weighted by atomic mass is 19.1. The fraction of sp³-hybridized carbons (Fsp3) is 0.407. The second kappa shape index (κ2) is 11.9. The van der Waals surface area contributed by atoms with E-state index in [0.29, 0.717) is 25.0 Å². The first-order chi connectivity index (χ1) is 16.2. The Morgan fingerprint density at radius 3 is 2.70 bits per heavy atom. The van der Waals surface area contributed by atoms with Crippen LogP contribution in [0.5, 0.6) is 0 Å². The summed E-state index contributed by atoms with van der Waals surface area (Å²) in [6.07, 6.45) is 6.11. The quantitative estimate of drug-likeness (QED) is 0.463. The zero-order valence-corrected chi connectivity index (χ0v) is 19.4. The monoisotopic (exact) mass is 447 g/mol. The van der Waals surface area contributed by atoms with Crippen molar-refractivity contribution in [2.24, 2.45) is 0 Å². The normalized spacial score (nSPS) is 14.5. The van der Waals surface area contributed by atoms with Gasteiger partial charge in [0, 0.05) is 30.9 Å². The topological polar surface area (TPSA) is 53.1 Å². The van der Waals surface area contributed by atoms with Gasteiger partial charge < -0.3 is 10.6 Å². The molecule has 0 unspecified atom stereocenters. The van der Waals surface area contributed by atoms with E-state index in [1.165, 1.54) is 30.9 Å². The molecule has 1 aliphatic rings. The highest BCUT2D eigenvalue weighted by Gasteiger charge is 2.20. The number of nitrogens with one attached hydrogen (secondary N) is 2. The second-order valence-corrected chi connectivity index (χ2v) is 8.72. The predicted molar refractivity (Wildman–Crippen MR) is 133 cm³/mol. The molecule has 0 bridgehead atoms. The van der Waals surface area contributed by atoms with Crippen molar-refractivity contribution in [3.05, 3.63) is 77.7 Å². The molecule has 4 rings (SSSR count). The van der Waals surface area contributed by atoms with Gasteiger partial charge in [-0.1, -0.05) is 37.3 Å². The molecule has 1 fully saturated rings. The van der Waals surface area contributed by atoms with Crippen LogP contribution in [0.3, 0.4) is 0 Å². The summed E-state index contributed by atoms with van der Waals surface area (Å²) >= 11 is 0. The summed E-state index contributed by atoms with van der Waals surface area (Å²) in [5.41, 5.74) is 4.28. The molecule has 0 amide bonds. The number of aromatic nitrogens is 2. The molecule has 0 spiro atoms. The number of benzene rings is 2. The van der Waals surface area contributed by atoms with Gasteiger partial charge in [-0.25, -0.2) is 14.4 Å². The molecular formula is C27H34FN5. The summed E-state index contributed by atoms with van der Waals surface area (Å²) in [5.74, 6) is 0.389. The first-order valence-corrected chi connectivity index (χ1v) is 12.1. The van der Waals surface area contributed by atoms with Gasteiger partial charge in [0.15, 0.2) is 0 Å². The van der Waals surface area contributed by atoms with Gasteiger partial charge in [0.1, 0.15) is 5.82 Å². The highest BCUT2D eigenvalue weighted by Crippen LogP contribution is 2.22. The van der Waals surface area contributed by atoms with Crippen LogP contribution in [0.15, 0.2) is 60.8 Å². The molecule has 174 valence electrons. The Morgan fingerprint density at radius 1 is 1.06 bits per heavy atom. The van der Waals surface area contributed by atoms with Gasteiger partial charge in [-0.15, -0.1) is 0 Å². The van der Waals surface area contributed by atoms with E-state index in [9.17, 15) is 4.39 Å². The largest absolute Gasteiger partial charge is 0.354 e. The van der Waals surface area contributed by atoms with E-state index >= 15 is 0 Å². The van der Waals surface area contributed by atoms with E-state index in [0.717, 1.165) is 43.0 Å². The molecule has 0 saturated carbocycles. The predicted octanol–water partition coefficient (Wildman–Crippen LogP) is 4.90. The molecule has 3 aromatic rings. The Labute approximate surface area is 196 Å². The Balaban J connectivity index is 1.41. The minimum atomic E-state index is -0.205. The van der Waals surface area contributed by atoms with Crippen molar-refractivity contribution in [3.63, 3.8) is 0 Å². The van der Waals surface area contributed by atoms with Crippen LogP contribution >= 0.6 is 0 Å². The van der Waals surface area contributed by atoms with Crippen LogP contribution in [0.2, 0.25) is 0 Å². The molecule has 2 aromatic carbocycles. The SMILES string of the molecule is CCCN(Cc1cccc(-c2ccnc(NCCc3cccc(F)c3)n2)c1)C1CCNCC1. The van der Waals surface area contributed by atoms with Crippen LogP contribution in [0.25, 0.3) is 11.3 Å². The molecule has 5 nitrogen and oxygen atoms in total. The molecule has 2 heterocycles. The number of rotatable bonds is 10. The van der Waals surface area contributed by atoms with Gasteiger partial charge in [0.25, 0.3) is 0 Å². The number of nitrogens with zero attached hydrogens (tertiary/aromatic N) is 3. The molecule has 0 aliphatic carbocycles. The maximum absolute atomic E-state index is 13.4. The maximum atomic E-state index is 13.4. The Morgan fingerprint density at radius 2 is 1.88 bits per heavy atom. The molecule has 2 N–H and O–H groups in total. The third-order valence-electron chi connectivity index (χ3n) is 6.19. The number of hydrogen-bond donors (Lipinski definition) is 2. The van der Waals surface area contributed by atoms with Crippen LogP contribution in [0, 0.1) is 5.82 Å². The van der Waals surface area contributed by atoms with Crippen molar-refractivity contribution < 1.29 is 4.39 Å². The van der Waals surface area contributed by atoms with Gasteiger partial charge in [-0.2, -0.15) is 0 Å². The lowest BCUT2D eigenvalue weighted by Gasteiger charge is -2.34. The molecule has 1 aromatic heterocycles. The standard InChI is InChI=1S/C27H34FN5/c1-2-17-33(25-10-13-29-14-11-25)20-22-6-3-7-23(18-22)26-12-16-31-27(32-26)30-15-9-21-5-4-8-24(28)19-21/h3-8,12,16,18-19,25,29H,2,9-11,13-15,17,20H2,1H3,(H,30,31,32). The molecule has 6 heteroatoms. The first-order valence-electron chi connectivity index (χ1n) is 12.1. The summed E-state index contributed by atoms with van der Waals surface area (Å²) in [5, 5.41) is 6.74. The zero-order chi connectivity index (χ0) is 22.9. The van der Waals surface area contributed by atoms with Gasteiger partial charge in [0.2, 0.25) is 5.95 Å². The number of piperidine rings is 1. The van der Waals surface area contributed by atoms with Gasteiger partial charge >= 0.3 is 0 Å². The molecule has 33 heavy (non-hydrogen) atoms. The molecule has 0 radical (unpaired) electrons. The first kappa shape index (κ1) is 23.3. The van der Waals surface area contributed by atoms with Crippen molar-refractivity contribution >= 4 is 5.95 Å². The van der Waals surface area contributed by atoms with E-state index in [-0.39, 0.29) is 5.82 Å². The van der Waals surface area contributed by atoms with Gasteiger partial charge in [-0.3, -0.25) is 4.90 Å². The minimum Gasteiger partial charge on any atom is -0.354 e. The average Bonchev–Trinajstić information content (AvgIpc) is 2.85. The maximum Gasteiger partial charge on any atom is 0.223 e. The van der Waals surface area contributed by atoms with Crippen molar-refractivity contribution in [2.75, 3.05) is 31.5 Å². The number of halogens is 1. The van der Waals surface area contributed by atoms with Crippen LogP contribution in [0.4, 0.5) is 10.3 Å². The summed E-state index contributed by atoms with van der Waals surface area (Å²) in [7, 11) is 0. The Bertz CT molecular complexity index is 1020. The van der Waals surface area contributed by atoms with Crippen molar-refractivity contribution in [3.8, 4) is 11.3 Å². The lowest BCUT2D eigenvalue weighted by molar-refractivity contribution is 0.154. The fourth-order valence-corrected chi connectivity index (χ4v) is 4.53. The van der Waals surface area contributed by atoms with Crippen LogP contribution in [-0.4, -0.2) is 47.1 Å². The van der Waals surface area contributed by atoms with Crippen LogP contribution < -0.4 is 10.6 Å². The van der Waals surface area contributed by atoms with E-state index in [1.54, 1.807) is 18.3 Å². The highest BCUT2D eigenvalue weighted by molar-refractivity contribution is 5.61. The zero-order valence-electron chi connectivity index (χ0n) is 19.4. The summed E-state index contributed by atoms with van der Waals surface area (Å²) in [4.78, 5) is 11.7. The van der Waals surface area contributed by atoms with Crippen molar-refractivity contribution in [1.29, 1.82) is 0 Å². The van der Waals surface area contributed by atoms with E-state index in [4.69, 9.17) is 4.98 Å². The third kappa shape index (κ3) is 6.83. The average molecular weight is 448 g/mol. The van der Waals surface area contributed by atoms with Gasteiger partial charge in [-0.05, 0) is 80.7 Å².